The SMILES string of the molecule is Cc1ccc([C@@H](C(=O)NC2CCCC2)N(C(=O)c2snc(C(N)=O)c2N)c2ccc(C(C)C)cc2)cc1. The first kappa shape index (κ1) is 26.3. The summed E-state index contributed by atoms with van der Waals surface area (Å²) >= 11 is 0.805. The number of hydrogen-bond donors (Lipinski definition) is 3. The molecule has 5 N–H and O–H groups in total. The lowest BCUT2D eigenvalue weighted by molar-refractivity contribution is -0.123. The van der Waals surface area contributed by atoms with Crippen LogP contribution in [-0.2, 0) is 4.79 Å². The average Bonchev–Trinajstić information content (AvgIpc) is 3.52. The van der Waals surface area contributed by atoms with E-state index in [-0.39, 0.29) is 28.2 Å². The number of benzene rings is 2. The van der Waals surface area contributed by atoms with Crippen molar-refractivity contribution in [2.24, 2.45) is 5.73 Å². The summed E-state index contributed by atoms with van der Waals surface area (Å²) in [7, 11) is 0. The van der Waals surface area contributed by atoms with E-state index < -0.39 is 17.9 Å². The number of nitrogen functional groups attached to an aromatic ring is 1. The molecule has 2 aromatic carbocycles. The van der Waals surface area contributed by atoms with Gasteiger partial charge in [0.25, 0.3) is 11.8 Å². The highest BCUT2D eigenvalue weighted by atomic mass is 32.1. The predicted molar refractivity (Wildman–Crippen MR) is 147 cm³/mol. The van der Waals surface area contributed by atoms with Crippen LogP contribution in [0, 0.1) is 6.92 Å². The molecule has 0 aliphatic heterocycles. The monoisotopic (exact) mass is 519 g/mol. The number of nitrogens with one attached hydrogen (secondary N) is 1. The number of anilines is 2. The minimum atomic E-state index is -0.961. The van der Waals surface area contributed by atoms with Crippen LogP contribution in [0.2, 0.25) is 0 Å². The first-order chi connectivity index (χ1) is 17.7. The molecule has 194 valence electrons. The Morgan fingerprint density at radius 2 is 1.59 bits per heavy atom. The zero-order valence-corrected chi connectivity index (χ0v) is 22.2. The van der Waals surface area contributed by atoms with E-state index in [1.54, 1.807) is 0 Å². The van der Waals surface area contributed by atoms with Crippen molar-refractivity contribution < 1.29 is 14.4 Å². The summed E-state index contributed by atoms with van der Waals surface area (Å²) in [5, 5.41) is 3.17. The van der Waals surface area contributed by atoms with Crippen molar-refractivity contribution in [1.29, 1.82) is 0 Å². The van der Waals surface area contributed by atoms with Gasteiger partial charge in [0.15, 0.2) is 5.69 Å². The third-order valence-electron chi connectivity index (χ3n) is 6.81. The molecule has 1 aromatic heterocycles. The number of nitrogens with two attached hydrogens (primary N) is 2. The van der Waals surface area contributed by atoms with Crippen molar-refractivity contribution in [3.05, 3.63) is 75.8 Å². The lowest BCUT2D eigenvalue weighted by Gasteiger charge is -2.32. The van der Waals surface area contributed by atoms with Gasteiger partial charge in [-0.25, -0.2) is 0 Å². The minimum Gasteiger partial charge on any atom is -0.395 e. The van der Waals surface area contributed by atoms with E-state index >= 15 is 0 Å². The van der Waals surface area contributed by atoms with Crippen molar-refractivity contribution in [3.63, 3.8) is 0 Å². The number of nitrogens with zero attached hydrogens (tertiary/aromatic N) is 2. The molecule has 1 saturated carbocycles. The van der Waals surface area contributed by atoms with Gasteiger partial charge in [-0.15, -0.1) is 0 Å². The summed E-state index contributed by atoms with van der Waals surface area (Å²) in [6.45, 7) is 6.14. The van der Waals surface area contributed by atoms with Gasteiger partial charge >= 0.3 is 0 Å². The quantitative estimate of drug-likeness (QED) is 0.397. The highest BCUT2D eigenvalue weighted by Gasteiger charge is 2.37. The standard InChI is InChI=1S/C28H33N5O3S/c1-16(2)18-12-14-21(15-13-18)33(28(36)25-22(29)23(26(30)34)32-37-25)24(19-10-8-17(3)9-11-19)27(35)31-20-6-4-5-7-20/h8-16,20,24H,4-7,29H2,1-3H3,(H2,30,34)(H,31,35)/t24-/m0/s1. The van der Waals surface area contributed by atoms with Crippen LogP contribution >= 0.6 is 11.5 Å². The molecule has 0 bridgehead atoms. The smallest absolute Gasteiger partial charge is 0.273 e. The van der Waals surface area contributed by atoms with Gasteiger partial charge < -0.3 is 16.8 Å². The van der Waals surface area contributed by atoms with Crippen LogP contribution in [0.1, 0.15) is 88.3 Å². The fourth-order valence-corrected chi connectivity index (χ4v) is 5.40. The number of amides is 3. The predicted octanol–water partition coefficient (Wildman–Crippen LogP) is 4.70. The Labute approximate surface area is 221 Å². The lowest BCUT2D eigenvalue weighted by atomic mass is 9.99. The van der Waals surface area contributed by atoms with E-state index in [1.807, 2.05) is 55.5 Å². The molecular formula is C28H33N5O3S. The van der Waals surface area contributed by atoms with Crippen LogP contribution in [0.25, 0.3) is 0 Å². The van der Waals surface area contributed by atoms with Gasteiger partial charge in [-0.05, 0) is 60.5 Å². The van der Waals surface area contributed by atoms with Gasteiger partial charge in [-0.1, -0.05) is 68.7 Å². The van der Waals surface area contributed by atoms with Gasteiger partial charge in [-0.2, -0.15) is 4.37 Å². The first-order valence-corrected chi connectivity index (χ1v) is 13.3. The van der Waals surface area contributed by atoms with Crippen molar-refractivity contribution in [3.8, 4) is 0 Å². The van der Waals surface area contributed by atoms with E-state index in [0.717, 1.165) is 48.3 Å². The van der Waals surface area contributed by atoms with E-state index in [9.17, 15) is 14.4 Å². The van der Waals surface area contributed by atoms with Crippen LogP contribution in [0.3, 0.4) is 0 Å². The van der Waals surface area contributed by atoms with Crippen LogP contribution in [0.5, 0.6) is 0 Å². The second-order valence-electron chi connectivity index (χ2n) is 9.86. The molecule has 3 amide bonds. The lowest BCUT2D eigenvalue weighted by Crippen LogP contribution is -2.46. The average molecular weight is 520 g/mol. The minimum absolute atomic E-state index is 0.0625. The van der Waals surface area contributed by atoms with Gasteiger partial charge in [0, 0.05) is 11.7 Å². The molecule has 0 spiro atoms. The number of aryl methyl sites for hydroxylation is 1. The fourth-order valence-electron chi connectivity index (χ4n) is 4.66. The number of rotatable bonds is 8. The summed E-state index contributed by atoms with van der Waals surface area (Å²) in [5.41, 5.74) is 14.7. The summed E-state index contributed by atoms with van der Waals surface area (Å²) in [5.74, 6) is -1.30. The fraction of sp³-hybridized carbons (Fsp3) is 0.357. The molecule has 37 heavy (non-hydrogen) atoms. The van der Waals surface area contributed by atoms with E-state index in [4.69, 9.17) is 11.5 Å². The Kier molecular flexibility index (Phi) is 7.92. The van der Waals surface area contributed by atoms with Crippen molar-refractivity contribution in [2.75, 3.05) is 10.6 Å². The van der Waals surface area contributed by atoms with Crippen LogP contribution in [-0.4, -0.2) is 28.1 Å². The summed E-state index contributed by atoms with van der Waals surface area (Å²) in [6, 6.07) is 14.2. The second kappa shape index (κ2) is 11.1. The molecule has 3 aromatic rings. The molecule has 9 heteroatoms. The first-order valence-electron chi connectivity index (χ1n) is 12.5. The van der Waals surface area contributed by atoms with Gasteiger partial charge in [-0.3, -0.25) is 19.3 Å². The van der Waals surface area contributed by atoms with Crippen molar-refractivity contribution in [2.45, 2.75) is 64.5 Å². The zero-order valence-electron chi connectivity index (χ0n) is 21.4. The van der Waals surface area contributed by atoms with Gasteiger partial charge in [0.2, 0.25) is 5.91 Å². The normalized spacial score (nSPS) is 14.5. The summed E-state index contributed by atoms with van der Waals surface area (Å²) < 4.78 is 4.02. The summed E-state index contributed by atoms with van der Waals surface area (Å²) in [6.07, 6.45) is 3.94. The third-order valence-corrected chi connectivity index (χ3v) is 7.66. The van der Waals surface area contributed by atoms with E-state index in [0.29, 0.717) is 17.2 Å². The Morgan fingerprint density at radius 3 is 2.14 bits per heavy atom. The largest absolute Gasteiger partial charge is 0.395 e. The molecule has 0 unspecified atom stereocenters. The Morgan fingerprint density at radius 1 is 1.00 bits per heavy atom. The van der Waals surface area contributed by atoms with Crippen LogP contribution in [0.15, 0.2) is 48.5 Å². The Hall–Kier alpha value is -3.72. The van der Waals surface area contributed by atoms with E-state index in [2.05, 4.69) is 23.5 Å². The summed E-state index contributed by atoms with van der Waals surface area (Å²) in [4.78, 5) is 41.3. The molecule has 1 aliphatic rings. The molecule has 1 atom stereocenters. The molecule has 1 fully saturated rings. The van der Waals surface area contributed by atoms with E-state index in [1.165, 1.54) is 4.90 Å². The number of carbonyl (C=O) groups excluding carboxylic acids is 3. The number of carbonyl (C=O) groups is 3. The molecule has 1 aliphatic carbocycles. The Bertz CT molecular complexity index is 1280. The number of hydrogen-bond acceptors (Lipinski definition) is 6. The van der Waals surface area contributed by atoms with Gasteiger partial charge in [0.05, 0.1) is 5.69 Å². The van der Waals surface area contributed by atoms with Crippen molar-refractivity contribution >= 4 is 40.6 Å². The molecule has 4 rings (SSSR count). The topological polar surface area (TPSA) is 131 Å². The molecule has 0 saturated heterocycles. The second-order valence-corrected chi connectivity index (χ2v) is 10.6. The highest BCUT2D eigenvalue weighted by Crippen LogP contribution is 2.34. The molecule has 1 heterocycles. The molecular weight excluding hydrogens is 486 g/mol. The molecule has 0 radical (unpaired) electrons. The maximum absolute atomic E-state index is 14.1. The third kappa shape index (κ3) is 5.67. The number of aromatic nitrogens is 1. The maximum atomic E-state index is 14.1. The van der Waals surface area contributed by atoms with Gasteiger partial charge in [0.1, 0.15) is 10.9 Å². The van der Waals surface area contributed by atoms with Crippen LogP contribution in [0.4, 0.5) is 11.4 Å². The Balaban J connectivity index is 1.85. The number of primary amides is 1. The zero-order chi connectivity index (χ0) is 26.7. The highest BCUT2D eigenvalue weighted by molar-refractivity contribution is 7.09. The maximum Gasteiger partial charge on any atom is 0.273 e. The van der Waals surface area contributed by atoms with Crippen molar-refractivity contribution in [1.82, 2.24) is 9.69 Å². The molecule has 8 nitrogen and oxygen atoms in total. The van der Waals surface area contributed by atoms with Crippen LogP contribution < -0.4 is 21.7 Å².